The van der Waals surface area contributed by atoms with Gasteiger partial charge in [0.2, 0.25) is 0 Å². The second-order valence-corrected chi connectivity index (χ2v) is 2.87. The van der Waals surface area contributed by atoms with Crippen LogP contribution in [0.4, 0.5) is 4.39 Å². The molecule has 0 atom stereocenters. The molecule has 1 aromatic carbocycles. The molecule has 0 saturated heterocycles. The molecule has 0 bridgehead atoms. The summed E-state index contributed by atoms with van der Waals surface area (Å²) >= 11 is 0. The van der Waals surface area contributed by atoms with E-state index in [2.05, 4.69) is 0 Å². The molecule has 3 nitrogen and oxygen atoms in total. The van der Waals surface area contributed by atoms with Crippen LogP contribution in [-0.2, 0) is 11.3 Å². The Hall–Kier alpha value is -0.905. The van der Waals surface area contributed by atoms with Gasteiger partial charge < -0.3 is 14.8 Å². The second kappa shape index (κ2) is 5.09. The zero-order valence-electron chi connectivity index (χ0n) is 7.90. The van der Waals surface area contributed by atoms with Gasteiger partial charge in [0.25, 0.3) is 0 Å². The van der Waals surface area contributed by atoms with Gasteiger partial charge in [-0.1, -0.05) is 12.1 Å². The summed E-state index contributed by atoms with van der Waals surface area (Å²) in [6.45, 7) is 2.76. The molecule has 0 unspecified atom stereocenters. The highest BCUT2D eigenvalue weighted by atomic mass is 19.1. The largest absolute Gasteiger partial charge is 0.491 e. The molecule has 0 aromatic heterocycles. The van der Waals surface area contributed by atoms with E-state index in [1.165, 1.54) is 12.1 Å². The maximum Gasteiger partial charge on any atom is 0.491 e. The van der Waals surface area contributed by atoms with Crippen molar-refractivity contribution < 1.29 is 19.2 Å². The highest BCUT2D eigenvalue weighted by Gasteiger charge is 2.16. The third-order valence-corrected chi connectivity index (χ3v) is 1.81. The van der Waals surface area contributed by atoms with E-state index in [1.807, 2.05) is 6.92 Å². The van der Waals surface area contributed by atoms with Crippen molar-refractivity contribution >= 4 is 12.6 Å². The molecule has 76 valence electrons. The van der Waals surface area contributed by atoms with E-state index in [9.17, 15) is 4.39 Å². The van der Waals surface area contributed by atoms with Gasteiger partial charge in [0.15, 0.2) is 0 Å². The second-order valence-electron chi connectivity index (χ2n) is 2.87. The fourth-order valence-electron chi connectivity index (χ4n) is 1.10. The summed E-state index contributed by atoms with van der Waals surface area (Å²) < 4.78 is 18.1. The summed E-state index contributed by atoms with van der Waals surface area (Å²) in [5.41, 5.74) is 0.596. The normalized spacial score (nSPS) is 10.3. The lowest BCUT2D eigenvalue weighted by molar-refractivity contribution is 0.134. The van der Waals surface area contributed by atoms with E-state index < -0.39 is 12.9 Å². The molecule has 1 aromatic rings. The van der Waals surface area contributed by atoms with Crippen molar-refractivity contribution in [3.05, 3.63) is 29.6 Å². The van der Waals surface area contributed by atoms with E-state index in [4.69, 9.17) is 14.8 Å². The molecule has 0 saturated carbocycles. The number of hydrogen-bond donors (Lipinski definition) is 2. The molecule has 0 aliphatic heterocycles. The number of rotatable bonds is 4. The number of hydrogen-bond acceptors (Lipinski definition) is 3. The van der Waals surface area contributed by atoms with Crippen LogP contribution in [0, 0.1) is 5.82 Å². The van der Waals surface area contributed by atoms with Crippen LogP contribution in [0.5, 0.6) is 0 Å². The van der Waals surface area contributed by atoms with Gasteiger partial charge in [0, 0.05) is 12.1 Å². The van der Waals surface area contributed by atoms with E-state index in [-0.39, 0.29) is 5.46 Å². The maximum atomic E-state index is 13.0. The van der Waals surface area contributed by atoms with Crippen LogP contribution in [0.25, 0.3) is 0 Å². The number of halogens is 1. The third-order valence-electron chi connectivity index (χ3n) is 1.81. The Balaban J connectivity index is 2.83. The molecule has 14 heavy (non-hydrogen) atoms. The summed E-state index contributed by atoms with van der Waals surface area (Å²) in [5.74, 6) is -0.625. The Kier molecular flexibility index (Phi) is 4.07. The molecule has 2 N–H and O–H groups in total. The first-order valence-electron chi connectivity index (χ1n) is 4.37. The van der Waals surface area contributed by atoms with E-state index in [0.29, 0.717) is 13.2 Å². The fourth-order valence-corrected chi connectivity index (χ4v) is 1.10. The first-order chi connectivity index (χ1) is 6.65. The molecule has 1 rings (SSSR count). The first-order valence-corrected chi connectivity index (χ1v) is 4.37. The lowest BCUT2D eigenvalue weighted by atomic mass is 9.79. The van der Waals surface area contributed by atoms with Gasteiger partial charge in [-0.15, -0.1) is 0 Å². The van der Waals surface area contributed by atoms with Crippen LogP contribution in [0.3, 0.4) is 0 Å². The van der Waals surface area contributed by atoms with E-state index in [0.717, 1.165) is 5.56 Å². The molecule has 0 radical (unpaired) electrons. The minimum atomic E-state index is -1.78. The highest BCUT2D eigenvalue weighted by Crippen LogP contribution is 2.03. The predicted octanol–water partition coefficient (Wildman–Crippen LogP) is 0.0420. The quantitative estimate of drug-likeness (QED) is 0.671. The zero-order chi connectivity index (χ0) is 10.6. The average Bonchev–Trinajstić information content (AvgIpc) is 2.16. The van der Waals surface area contributed by atoms with Gasteiger partial charge in [-0.25, -0.2) is 4.39 Å². The van der Waals surface area contributed by atoms with Gasteiger partial charge in [-0.3, -0.25) is 0 Å². The van der Waals surface area contributed by atoms with Crippen LogP contribution in [-0.4, -0.2) is 23.8 Å². The summed E-state index contributed by atoms with van der Waals surface area (Å²) in [5, 5.41) is 17.7. The molecule has 5 heteroatoms. The van der Waals surface area contributed by atoms with Crippen molar-refractivity contribution in [1.29, 1.82) is 0 Å². The first kappa shape index (κ1) is 11.2. The number of benzene rings is 1. The van der Waals surface area contributed by atoms with Crippen molar-refractivity contribution in [3.63, 3.8) is 0 Å². The average molecular weight is 198 g/mol. The topological polar surface area (TPSA) is 49.7 Å². The van der Waals surface area contributed by atoms with Crippen LogP contribution in [0.1, 0.15) is 12.5 Å². The molecular formula is C9H12BFO3. The Morgan fingerprint density at radius 3 is 2.71 bits per heavy atom. The molecule has 0 spiro atoms. The molecule has 0 fully saturated rings. The Morgan fingerprint density at radius 2 is 2.14 bits per heavy atom. The summed E-state index contributed by atoms with van der Waals surface area (Å²) in [6, 6.07) is 4.13. The van der Waals surface area contributed by atoms with E-state index >= 15 is 0 Å². The van der Waals surface area contributed by atoms with Gasteiger partial charge >= 0.3 is 7.12 Å². The fraction of sp³-hybridized carbons (Fsp3) is 0.333. The molecule has 0 aliphatic rings. The van der Waals surface area contributed by atoms with Gasteiger partial charge in [0.1, 0.15) is 5.82 Å². The molecular weight excluding hydrogens is 186 g/mol. The Labute approximate surface area is 82.3 Å². The van der Waals surface area contributed by atoms with Crippen molar-refractivity contribution in [3.8, 4) is 0 Å². The summed E-state index contributed by atoms with van der Waals surface area (Å²) in [7, 11) is -1.78. The van der Waals surface area contributed by atoms with Crippen LogP contribution >= 0.6 is 0 Å². The van der Waals surface area contributed by atoms with Crippen molar-refractivity contribution in [2.45, 2.75) is 13.5 Å². The molecule has 0 heterocycles. The minimum Gasteiger partial charge on any atom is -0.423 e. The van der Waals surface area contributed by atoms with Gasteiger partial charge in [-0.2, -0.15) is 0 Å². The minimum absolute atomic E-state index is 0.123. The lowest BCUT2D eigenvalue weighted by Gasteiger charge is -2.05. The third kappa shape index (κ3) is 2.80. The van der Waals surface area contributed by atoms with Crippen LogP contribution < -0.4 is 5.46 Å². The van der Waals surface area contributed by atoms with Crippen LogP contribution in [0.2, 0.25) is 0 Å². The van der Waals surface area contributed by atoms with Crippen molar-refractivity contribution in [2.24, 2.45) is 0 Å². The zero-order valence-corrected chi connectivity index (χ0v) is 7.90. The standard InChI is InChI=1S/C9H12BFO3/c1-2-14-6-7-3-4-9(11)8(5-7)10(12)13/h3-5,12-13H,2,6H2,1H3. The Morgan fingerprint density at radius 1 is 1.43 bits per heavy atom. The lowest BCUT2D eigenvalue weighted by Crippen LogP contribution is -2.33. The van der Waals surface area contributed by atoms with Crippen molar-refractivity contribution in [1.82, 2.24) is 0 Å². The summed E-state index contributed by atoms with van der Waals surface area (Å²) in [4.78, 5) is 0. The Bertz CT molecular complexity index is 304. The van der Waals surface area contributed by atoms with Gasteiger partial charge in [0.05, 0.1) is 6.61 Å². The molecule has 0 amide bonds. The molecule has 0 aliphatic carbocycles. The predicted molar refractivity (Wildman–Crippen MR) is 51.6 cm³/mol. The van der Waals surface area contributed by atoms with Crippen LogP contribution in [0.15, 0.2) is 18.2 Å². The van der Waals surface area contributed by atoms with Crippen molar-refractivity contribution in [2.75, 3.05) is 6.61 Å². The van der Waals surface area contributed by atoms with Gasteiger partial charge in [-0.05, 0) is 18.6 Å². The monoisotopic (exact) mass is 198 g/mol. The maximum absolute atomic E-state index is 13.0. The highest BCUT2D eigenvalue weighted by molar-refractivity contribution is 6.58. The SMILES string of the molecule is CCOCc1ccc(F)c(B(O)O)c1. The number of ether oxygens (including phenoxy) is 1. The van der Waals surface area contributed by atoms with E-state index in [1.54, 1.807) is 6.07 Å². The summed E-state index contributed by atoms with van der Waals surface area (Å²) in [6.07, 6.45) is 0. The smallest absolute Gasteiger partial charge is 0.423 e.